The molecular formula is C14H16N2O3. The Morgan fingerprint density at radius 1 is 1.42 bits per heavy atom. The third kappa shape index (κ3) is 2.61. The van der Waals surface area contributed by atoms with Gasteiger partial charge in [0, 0.05) is 18.6 Å². The van der Waals surface area contributed by atoms with Crippen molar-refractivity contribution in [2.75, 3.05) is 19.8 Å². The fraction of sp³-hybridized carbons (Fsp3) is 0.429. The second-order valence-corrected chi connectivity index (χ2v) is 4.79. The summed E-state index contributed by atoms with van der Waals surface area (Å²) < 4.78 is 10.7. The van der Waals surface area contributed by atoms with Crippen LogP contribution in [0.1, 0.15) is 23.2 Å². The number of para-hydroxylation sites is 1. The number of esters is 1. The number of H-pyrrole nitrogens is 1. The predicted octanol–water partition coefficient (Wildman–Crippen LogP) is 2.15. The van der Waals surface area contributed by atoms with Crippen LogP contribution in [0.4, 0.5) is 0 Å². The topological polar surface area (TPSA) is 64.2 Å². The van der Waals surface area contributed by atoms with Gasteiger partial charge in [0.1, 0.15) is 0 Å². The van der Waals surface area contributed by atoms with Crippen LogP contribution in [-0.2, 0) is 9.47 Å². The number of ether oxygens (including phenoxy) is 2. The summed E-state index contributed by atoms with van der Waals surface area (Å²) in [7, 11) is 0. The van der Waals surface area contributed by atoms with Crippen LogP contribution in [0.15, 0.2) is 24.4 Å². The lowest BCUT2D eigenvalue weighted by Gasteiger charge is -2.21. The van der Waals surface area contributed by atoms with Crippen molar-refractivity contribution in [3.63, 3.8) is 0 Å². The number of benzene rings is 1. The number of fused-ring (bicyclic) bond motifs is 1. The summed E-state index contributed by atoms with van der Waals surface area (Å²) in [5.74, 6) is 0.125. The summed E-state index contributed by atoms with van der Waals surface area (Å²) in [6.07, 6.45) is 3.62. The van der Waals surface area contributed by atoms with E-state index in [1.54, 1.807) is 12.3 Å². The zero-order valence-electron chi connectivity index (χ0n) is 10.6. The number of nitrogens with zero attached hydrogens (tertiary/aromatic N) is 1. The maximum atomic E-state index is 12.1. The van der Waals surface area contributed by atoms with Crippen molar-refractivity contribution >= 4 is 16.9 Å². The summed E-state index contributed by atoms with van der Waals surface area (Å²) in [5, 5.41) is 7.70. The van der Waals surface area contributed by atoms with E-state index in [0.29, 0.717) is 18.1 Å². The first-order chi connectivity index (χ1) is 9.34. The van der Waals surface area contributed by atoms with Gasteiger partial charge in [-0.25, -0.2) is 4.79 Å². The van der Waals surface area contributed by atoms with Crippen molar-refractivity contribution in [1.29, 1.82) is 0 Å². The Kier molecular flexibility index (Phi) is 3.46. The first-order valence-corrected chi connectivity index (χ1v) is 6.51. The minimum Gasteiger partial charge on any atom is -0.462 e. The van der Waals surface area contributed by atoms with E-state index < -0.39 is 0 Å². The molecule has 0 radical (unpaired) electrons. The molecule has 0 aliphatic carbocycles. The number of carbonyl (C=O) groups excluding carboxylic acids is 1. The maximum Gasteiger partial charge on any atom is 0.340 e. The fourth-order valence-corrected chi connectivity index (χ4v) is 2.32. The van der Waals surface area contributed by atoms with E-state index in [4.69, 9.17) is 9.47 Å². The molecule has 1 aromatic carbocycles. The Morgan fingerprint density at radius 3 is 3.11 bits per heavy atom. The van der Waals surface area contributed by atoms with Crippen molar-refractivity contribution in [1.82, 2.24) is 10.2 Å². The molecule has 3 rings (SSSR count). The third-order valence-electron chi connectivity index (χ3n) is 3.49. The number of carbonyl (C=O) groups is 1. The number of hydrogen-bond acceptors (Lipinski definition) is 4. The predicted molar refractivity (Wildman–Crippen MR) is 69.9 cm³/mol. The number of hydrogen-bond donors (Lipinski definition) is 1. The Balaban J connectivity index is 1.68. The van der Waals surface area contributed by atoms with E-state index in [9.17, 15) is 4.79 Å². The van der Waals surface area contributed by atoms with Crippen molar-refractivity contribution in [3.05, 3.63) is 30.0 Å². The average molecular weight is 260 g/mol. The van der Waals surface area contributed by atoms with Gasteiger partial charge in [0.05, 0.1) is 23.9 Å². The summed E-state index contributed by atoms with van der Waals surface area (Å²) in [6, 6.07) is 5.50. The normalized spacial score (nSPS) is 16.6. The lowest BCUT2D eigenvalue weighted by molar-refractivity contribution is 0.0187. The summed E-state index contributed by atoms with van der Waals surface area (Å²) >= 11 is 0. The first-order valence-electron chi connectivity index (χ1n) is 6.51. The van der Waals surface area contributed by atoms with Gasteiger partial charge < -0.3 is 9.47 Å². The highest BCUT2D eigenvalue weighted by atomic mass is 16.5. The molecule has 1 aliphatic heterocycles. The molecule has 1 aromatic heterocycles. The Morgan fingerprint density at radius 2 is 2.26 bits per heavy atom. The molecule has 1 aliphatic rings. The number of aromatic amines is 1. The standard InChI is InChI=1S/C14H16N2O3/c17-14(19-9-10-4-6-18-7-5-10)12-3-1-2-11-8-15-16-13(11)12/h1-3,8,10H,4-7,9H2,(H,15,16). The van der Waals surface area contributed by atoms with E-state index in [2.05, 4.69) is 10.2 Å². The minimum atomic E-state index is -0.290. The van der Waals surface area contributed by atoms with Crippen LogP contribution < -0.4 is 0 Å². The Hall–Kier alpha value is -1.88. The zero-order chi connectivity index (χ0) is 13.1. The molecule has 1 saturated heterocycles. The molecule has 19 heavy (non-hydrogen) atoms. The first kappa shape index (κ1) is 12.2. The van der Waals surface area contributed by atoms with Crippen LogP contribution in [0.3, 0.4) is 0 Å². The molecule has 5 heteroatoms. The molecule has 0 spiro atoms. The van der Waals surface area contributed by atoms with Crippen molar-refractivity contribution in [3.8, 4) is 0 Å². The van der Waals surface area contributed by atoms with Crippen LogP contribution >= 0.6 is 0 Å². The molecule has 0 atom stereocenters. The molecule has 2 heterocycles. The molecule has 1 N–H and O–H groups in total. The van der Waals surface area contributed by atoms with Gasteiger partial charge >= 0.3 is 5.97 Å². The van der Waals surface area contributed by atoms with E-state index in [1.165, 1.54) is 0 Å². The highest BCUT2D eigenvalue weighted by Gasteiger charge is 2.18. The smallest absolute Gasteiger partial charge is 0.340 e. The van der Waals surface area contributed by atoms with Gasteiger partial charge in [-0.2, -0.15) is 5.10 Å². The summed E-state index contributed by atoms with van der Waals surface area (Å²) in [4.78, 5) is 12.1. The second kappa shape index (κ2) is 5.40. The summed E-state index contributed by atoms with van der Waals surface area (Å²) in [5.41, 5.74) is 1.28. The molecule has 0 saturated carbocycles. The average Bonchev–Trinajstić information content (AvgIpc) is 2.94. The van der Waals surface area contributed by atoms with Gasteiger partial charge in [0.25, 0.3) is 0 Å². The van der Waals surface area contributed by atoms with Gasteiger partial charge in [-0.1, -0.05) is 12.1 Å². The number of aromatic nitrogens is 2. The Labute approximate surface area is 110 Å². The van der Waals surface area contributed by atoms with Crippen LogP contribution in [-0.4, -0.2) is 36.0 Å². The van der Waals surface area contributed by atoms with E-state index in [0.717, 1.165) is 37.0 Å². The van der Waals surface area contributed by atoms with Gasteiger partial charge in [-0.05, 0) is 24.8 Å². The lowest BCUT2D eigenvalue weighted by Crippen LogP contribution is -2.22. The molecule has 2 aromatic rings. The molecular weight excluding hydrogens is 244 g/mol. The summed E-state index contributed by atoms with van der Waals surface area (Å²) in [6.45, 7) is 1.99. The van der Waals surface area contributed by atoms with Gasteiger partial charge in [0.2, 0.25) is 0 Å². The largest absolute Gasteiger partial charge is 0.462 e. The SMILES string of the molecule is O=C(OCC1CCOCC1)c1cccc2cn[nH]c12. The molecule has 0 amide bonds. The molecule has 1 fully saturated rings. The fourth-order valence-electron chi connectivity index (χ4n) is 2.32. The van der Waals surface area contributed by atoms with Gasteiger partial charge in [-0.3, -0.25) is 5.10 Å². The quantitative estimate of drug-likeness (QED) is 0.859. The second-order valence-electron chi connectivity index (χ2n) is 4.79. The molecule has 5 nitrogen and oxygen atoms in total. The van der Waals surface area contributed by atoms with Crippen LogP contribution in [0.25, 0.3) is 10.9 Å². The highest BCUT2D eigenvalue weighted by Crippen LogP contribution is 2.19. The van der Waals surface area contributed by atoms with Crippen LogP contribution in [0, 0.1) is 5.92 Å². The monoisotopic (exact) mass is 260 g/mol. The van der Waals surface area contributed by atoms with Crippen LogP contribution in [0.5, 0.6) is 0 Å². The van der Waals surface area contributed by atoms with Crippen molar-refractivity contribution < 1.29 is 14.3 Å². The van der Waals surface area contributed by atoms with Gasteiger partial charge in [0.15, 0.2) is 0 Å². The van der Waals surface area contributed by atoms with E-state index >= 15 is 0 Å². The van der Waals surface area contributed by atoms with E-state index in [-0.39, 0.29) is 5.97 Å². The molecule has 100 valence electrons. The Bertz CT molecular complexity index is 573. The van der Waals surface area contributed by atoms with Crippen molar-refractivity contribution in [2.45, 2.75) is 12.8 Å². The molecule has 0 unspecified atom stereocenters. The van der Waals surface area contributed by atoms with Crippen LogP contribution in [0.2, 0.25) is 0 Å². The van der Waals surface area contributed by atoms with Crippen molar-refractivity contribution in [2.24, 2.45) is 5.92 Å². The lowest BCUT2D eigenvalue weighted by atomic mass is 10.0. The van der Waals surface area contributed by atoms with E-state index in [1.807, 2.05) is 12.1 Å². The van der Waals surface area contributed by atoms with Gasteiger partial charge in [-0.15, -0.1) is 0 Å². The minimum absolute atomic E-state index is 0.290. The maximum absolute atomic E-state index is 12.1. The molecule has 0 bridgehead atoms. The highest BCUT2D eigenvalue weighted by molar-refractivity contribution is 6.02. The zero-order valence-corrected chi connectivity index (χ0v) is 10.6. The number of rotatable bonds is 3. The third-order valence-corrected chi connectivity index (χ3v) is 3.49. The number of nitrogens with one attached hydrogen (secondary N) is 1.